The lowest BCUT2D eigenvalue weighted by Gasteiger charge is -2.08. The Morgan fingerprint density at radius 3 is 2.64 bits per heavy atom. The van der Waals surface area contributed by atoms with Crippen molar-refractivity contribution >= 4 is 6.29 Å². The molecule has 0 aliphatic carbocycles. The highest BCUT2D eigenvalue weighted by molar-refractivity contribution is 5.58. The number of carbonyl (C=O) groups excluding carboxylic acids is 1. The van der Waals surface area contributed by atoms with Gasteiger partial charge in [0.2, 0.25) is 0 Å². The number of likely N-dealkylation sites (N-methyl/N-ethyl adjacent to an activating group) is 1. The summed E-state index contributed by atoms with van der Waals surface area (Å²) in [5.41, 5.74) is 0.593. The third kappa shape index (κ3) is 2.60. The highest BCUT2D eigenvalue weighted by atomic mass is 19.2. The Morgan fingerprint density at radius 1 is 1.43 bits per heavy atom. The van der Waals surface area contributed by atoms with E-state index < -0.39 is 11.6 Å². The minimum atomic E-state index is -0.886. The zero-order valence-corrected chi connectivity index (χ0v) is 7.76. The second-order valence-electron chi connectivity index (χ2n) is 2.98. The minimum Gasteiger partial charge on any atom is -0.311 e. The fourth-order valence-corrected chi connectivity index (χ4v) is 1.14. The number of nitrogens with one attached hydrogen (secondary N) is 1. The number of rotatable bonds is 4. The maximum absolute atomic E-state index is 12.8. The van der Waals surface area contributed by atoms with E-state index in [0.717, 1.165) is 18.4 Å². The smallest absolute Gasteiger partial charge is 0.159 e. The predicted octanol–water partition coefficient (Wildman–Crippen LogP) is 1.29. The Kier molecular flexibility index (Phi) is 3.71. The van der Waals surface area contributed by atoms with Crippen LogP contribution in [0.5, 0.6) is 0 Å². The van der Waals surface area contributed by atoms with Crippen LogP contribution in [0.2, 0.25) is 0 Å². The maximum atomic E-state index is 12.8. The van der Waals surface area contributed by atoms with Crippen LogP contribution < -0.4 is 5.32 Å². The molecule has 0 unspecified atom stereocenters. The highest BCUT2D eigenvalue weighted by Crippen LogP contribution is 2.09. The summed E-state index contributed by atoms with van der Waals surface area (Å²) in [6, 6.07) is 3.26. The molecule has 0 spiro atoms. The fourth-order valence-electron chi connectivity index (χ4n) is 1.14. The van der Waals surface area contributed by atoms with Crippen molar-refractivity contribution in [1.29, 1.82) is 0 Å². The Balaban J connectivity index is 2.76. The Hall–Kier alpha value is -1.29. The first-order chi connectivity index (χ1) is 6.67. The number of hydrogen-bond acceptors (Lipinski definition) is 2. The largest absolute Gasteiger partial charge is 0.311 e. The van der Waals surface area contributed by atoms with E-state index in [4.69, 9.17) is 0 Å². The molecular weight excluding hydrogens is 188 g/mol. The fraction of sp³-hybridized carbons (Fsp3) is 0.300. The number of benzene rings is 1. The van der Waals surface area contributed by atoms with E-state index in [9.17, 15) is 13.6 Å². The quantitative estimate of drug-likeness (QED) is 0.740. The van der Waals surface area contributed by atoms with E-state index in [0.29, 0.717) is 12.0 Å². The molecule has 1 atom stereocenters. The summed E-state index contributed by atoms with van der Waals surface area (Å²) in [7, 11) is 1.64. The van der Waals surface area contributed by atoms with Crippen molar-refractivity contribution in [2.24, 2.45) is 0 Å². The van der Waals surface area contributed by atoms with Crippen LogP contribution in [0.15, 0.2) is 18.2 Å². The van der Waals surface area contributed by atoms with Crippen LogP contribution in [-0.2, 0) is 11.2 Å². The molecule has 1 rings (SSSR count). The first-order valence-electron chi connectivity index (χ1n) is 4.24. The van der Waals surface area contributed by atoms with Crippen LogP contribution in [0.25, 0.3) is 0 Å². The summed E-state index contributed by atoms with van der Waals surface area (Å²) >= 11 is 0. The van der Waals surface area contributed by atoms with Crippen molar-refractivity contribution in [3.8, 4) is 0 Å². The molecular formula is C10H11F2NO. The highest BCUT2D eigenvalue weighted by Gasteiger charge is 2.07. The first kappa shape index (κ1) is 10.8. The van der Waals surface area contributed by atoms with E-state index in [1.54, 1.807) is 7.05 Å². The summed E-state index contributed by atoms with van der Waals surface area (Å²) in [5.74, 6) is -1.76. The predicted molar refractivity (Wildman–Crippen MR) is 49.0 cm³/mol. The molecule has 0 saturated carbocycles. The average Bonchev–Trinajstić information content (AvgIpc) is 2.19. The molecule has 1 aromatic carbocycles. The number of aldehydes is 1. The van der Waals surface area contributed by atoms with Gasteiger partial charge in [-0.25, -0.2) is 8.78 Å². The molecule has 76 valence electrons. The molecule has 1 N–H and O–H groups in total. The zero-order chi connectivity index (χ0) is 10.6. The van der Waals surface area contributed by atoms with Crippen LogP contribution in [0.4, 0.5) is 8.78 Å². The number of halogens is 2. The van der Waals surface area contributed by atoms with Gasteiger partial charge in [0.15, 0.2) is 11.6 Å². The lowest BCUT2D eigenvalue weighted by Crippen LogP contribution is -2.28. The molecule has 0 saturated heterocycles. The second-order valence-corrected chi connectivity index (χ2v) is 2.98. The van der Waals surface area contributed by atoms with Crippen LogP contribution in [0.1, 0.15) is 5.56 Å². The summed E-state index contributed by atoms with van der Waals surface area (Å²) in [5, 5.41) is 2.75. The summed E-state index contributed by atoms with van der Waals surface area (Å²) in [6.45, 7) is 0. The minimum absolute atomic E-state index is 0.358. The van der Waals surface area contributed by atoms with Gasteiger partial charge in [-0.15, -0.1) is 0 Å². The maximum Gasteiger partial charge on any atom is 0.159 e. The van der Waals surface area contributed by atoms with Gasteiger partial charge >= 0.3 is 0 Å². The monoisotopic (exact) mass is 199 g/mol. The van der Waals surface area contributed by atoms with Crippen LogP contribution in [-0.4, -0.2) is 19.4 Å². The molecule has 0 aliphatic rings. The van der Waals surface area contributed by atoms with Gasteiger partial charge in [0.05, 0.1) is 6.04 Å². The molecule has 0 radical (unpaired) electrons. The van der Waals surface area contributed by atoms with Gasteiger partial charge in [-0.3, -0.25) is 0 Å². The van der Waals surface area contributed by atoms with Crippen molar-refractivity contribution in [2.75, 3.05) is 7.05 Å². The lowest BCUT2D eigenvalue weighted by molar-refractivity contribution is -0.109. The average molecular weight is 199 g/mol. The third-order valence-corrected chi connectivity index (χ3v) is 1.97. The Bertz CT molecular complexity index is 328. The molecule has 4 heteroatoms. The Labute approximate surface area is 80.9 Å². The van der Waals surface area contributed by atoms with E-state index in [2.05, 4.69) is 5.32 Å². The van der Waals surface area contributed by atoms with Gasteiger partial charge in [-0.05, 0) is 31.2 Å². The van der Waals surface area contributed by atoms with E-state index in [1.165, 1.54) is 6.07 Å². The molecule has 14 heavy (non-hydrogen) atoms. The van der Waals surface area contributed by atoms with Crippen molar-refractivity contribution < 1.29 is 13.6 Å². The van der Waals surface area contributed by atoms with Crippen molar-refractivity contribution in [3.63, 3.8) is 0 Å². The standard InChI is InChI=1S/C10H11F2NO/c1-13-8(6-14)4-7-2-3-9(11)10(12)5-7/h2-3,5-6,8,13H,4H2,1H3/t8-/m0/s1. The summed E-state index contributed by atoms with van der Waals surface area (Å²) < 4.78 is 25.3. The normalized spacial score (nSPS) is 12.5. The van der Waals surface area contributed by atoms with Crippen molar-refractivity contribution in [2.45, 2.75) is 12.5 Å². The van der Waals surface area contributed by atoms with Gasteiger partial charge in [0.1, 0.15) is 6.29 Å². The lowest BCUT2D eigenvalue weighted by atomic mass is 10.1. The van der Waals surface area contributed by atoms with Crippen LogP contribution in [0, 0.1) is 11.6 Å². The molecule has 1 aromatic rings. The number of carbonyl (C=O) groups is 1. The van der Waals surface area contributed by atoms with Crippen LogP contribution >= 0.6 is 0 Å². The third-order valence-electron chi connectivity index (χ3n) is 1.97. The molecule has 0 aromatic heterocycles. The van der Waals surface area contributed by atoms with Gasteiger partial charge in [-0.2, -0.15) is 0 Å². The molecule has 2 nitrogen and oxygen atoms in total. The van der Waals surface area contributed by atoms with Gasteiger partial charge < -0.3 is 10.1 Å². The van der Waals surface area contributed by atoms with E-state index >= 15 is 0 Å². The topological polar surface area (TPSA) is 29.1 Å². The molecule has 0 heterocycles. The number of hydrogen-bond donors (Lipinski definition) is 1. The van der Waals surface area contributed by atoms with Gasteiger partial charge in [0.25, 0.3) is 0 Å². The molecule has 0 bridgehead atoms. The molecule has 0 amide bonds. The van der Waals surface area contributed by atoms with Crippen LogP contribution in [0.3, 0.4) is 0 Å². The van der Waals surface area contributed by atoms with E-state index in [-0.39, 0.29) is 6.04 Å². The van der Waals surface area contributed by atoms with Gasteiger partial charge in [0, 0.05) is 0 Å². The molecule has 0 fully saturated rings. The van der Waals surface area contributed by atoms with Crippen molar-refractivity contribution in [3.05, 3.63) is 35.4 Å². The summed E-state index contributed by atoms with van der Waals surface area (Å²) in [6.07, 6.45) is 1.10. The van der Waals surface area contributed by atoms with Gasteiger partial charge in [-0.1, -0.05) is 6.07 Å². The summed E-state index contributed by atoms with van der Waals surface area (Å²) in [4.78, 5) is 10.5. The Morgan fingerprint density at radius 2 is 2.14 bits per heavy atom. The first-order valence-corrected chi connectivity index (χ1v) is 4.24. The van der Waals surface area contributed by atoms with Crippen molar-refractivity contribution in [1.82, 2.24) is 5.32 Å². The zero-order valence-electron chi connectivity index (χ0n) is 7.76. The van der Waals surface area contributed by atoms with E-state index in [1.807, 2.05) is 0 Å². The SMILES string of the molecule is CN[C@H](C=O)Cc1ccc(F)c(F)c1. The second kappa shape index (κ2) is 4.81. The molecule has 0 aliphatic heterocycles.